The molecule has 0 radical (unpaired) electrons. The number of carbonyl (C=O) groups excluding carboxylic acids is 4. The van der Waals surface area contributed by atoms with E-state index in [1.54, 1.807) is 32.9 Å². The van der Waals surface area contributed by atoms with Crippen molar-refractivity contribution in [3.05, 3.63) is 85.0 Å². The first-order valence-electron chi connectivity index (χ1n) is 15.2. The Morgan fingerprint density at radius 1 is 0.956 bits per heavy atom. The highest BCUT2D eigenvalue weighted by molar-refractivity contribution is 5.86. The number of hydrogen-bond acceptors (Lipinski definition) is 7. The minimum absolute atomic E-state index is 0.0915. The van der Waals surface area contributed by atoms with Gasteiger partial charge in [-0.25, -0.2) is 9.59 Å². The quantitative estimate of drug-likeness (QED) is 0.152. The van der Waals surface area contributed by atoms with E-state index in [4.69, 9.17) is 9.47 Å². The molecule has 0 unspecified atom stereocenters. The van der Waals surface area contributed by atoms with Crippen LogP contribution in [0.5, 0.6) is 0 Å². The van der Waals surface area contributed by atoms with Gasteiger partial charge in [0, 0.05) is 18.4 Å². The molecule has 0 bridgehead atoms. The van der Waals surface area contributed by atoms with Crippen molar-refractivity contribution in [2.75, 3.05) is 19.8 Å². The van der Waals surface area contributed by atoms with Crippen LogP contribution in [-0.2, 0) is 23.9 Å². The predicted molar refractivity (Wildman–Crippen MR) is 172 cm³/mol. The average Bonchev–Trinajstić information content (AvgIpc) is 3.33. The van der Waals surface area contributed by atoms with Crippen molar-refractivity contribution < 1.29 is 33.8 Å². The number of hydrogen-bond donors (Lipinski definition) is 4. The monoisotopic (exact) mass is 619 g/mol. The van der Waals surface area contributed by atoms with E-state index in [9.17, 15) is 24.3 Å². The van der Waals surface area contributed by atoms with Gasteiger partial charge in [0.1, 0.15) is 19.3 Å². The summed E-state index contributed by atoms with van der Waals surface area (Å²) in [7, 11) is 0. The topological polar surface area (TPSA) is 143 Å². The number of carbonyl (C=O) groups is 4. The summed E-state index contributed by atoms with van der Waals surface area (Å²) in [6, 6.07) is 14.6. The molecule has 1 aliphatic carbocycles. The van der Waals surface area contributed by atoms with E-state index < -0.39 is 41.5 Å². The summed E-state index contributed by atoms with van der Waals surface area (Å²) in [5.74, 6) is -2.26. The number of allylic oxidation sites excluding steroid dienone is 2. The molecule has 4 N–H and O–H groups in total. The Morgan fingerprint density at radius 3 is 2.16 bits per heavy atom. The third-order valence-corrected chi connectivity index (χ3v) is 7.55. The Balaban J connectivity index is 1.56. The van der Waals surface area contributed by atoms with Crippen LogP contribution >= 0.6 is 0 Å². The van der Waals surface area contributed by atoms with Crippen molar-refractivity contribution in [1.29, 1.82) is 0 Å². The molecule has 0 aliphatic heterocycles. The van der Waals surface area contributed by atoms with Crippen molar-refractivity contribution in [3.63, 3.8) is 0 Å². The largest absolute Gasteiger partial charge is 0.462 e. The molecule has 2 aromatic carbocycles. The van der Waals surface area contributed by atoms with Crippen molar-refractivity contribution in [3.8, 4) is 11.1 Å². The molecule has 10 nitrogen and oxygen atoms in total. The molecule has 3 rings (SSSR count). The second-order valence-corrected chi connectivity index (χ2v) is 11.9. The first-order valence-corrected chi connectivity index (χ1v) is 15.2. The van der Waals surface area contributed by atoms with E-state index in [1.807, 2.05) is 36.4 Å². The Labute approximate surface area is 265 Å². The maximum atomic E-state index is 13.1. The standard InChI is InChI=1S/C35H45N3O7/c1-6-8-18-30(37-34(43)44-21-29-27-16-11-9-14-25(27)26-15-10-12-17-28(26)29)33(42)45-22-35(4,5)38-32(41)24(13-7-2)19-31(40)36-23(3)20-39/h6-7,9-12,14-17,23-24,29-30,39H,1-2,8,13,18-22H2,3-5H3,(H,36,40)(H,37,43)(H,38,41)/t23-,24-,30+/m1/s1. The molecule has 1 aliphatic rings. The third kappa shape index (κ3) is 10.0. The van der Waals surface area contributed by atoms with Gasteiger partial charge in [-0.05, 0) is 62.3 Å². The van der Waals surface area contributed by atoms with Gasteiger partial charge in [-0.3, -0.25) is 9.59 Å². The summed E-state index contributed by atoms with van der Waals surface area (Å²) in [6.45, 7) is 12.1. The van der Waals surface area contributed by atoms with E-state index in [0.29, 0.717) is 6.42 Å². The highest BCUT2D eigenvalue weighted by atomic mass is 16.6. The fourth-order valence-corrected chi connectivity index (χ4v) is 5.23. The Kier molecular flexibility index (Phi) is 12.9. The summed E-state index contributed by atoms with van der Waals surface area (Å²) >= 11 is 0. The molecule has 0 saturated carbocycles. The van der Waals surface area contributed by atoms with Crippen LogP contribution in [0.4, 0.5) is 4.79 Å². The van der Waals surface area contributed by atoms with Gasteiger partial charge in [-0.2, -0.15) is 0 Å². The number of amides is 3. The minimum atomic E-state index is -0.990. The van der Waals surface area contributed by atoms with Crippen molar-refractivity contribution >= 4 is 23.9 Å². The van der Waals surface area contributed by atoms with Gasteiger partial charge in [0.2, 0.25) is 11.8 Å². The van der Waals surface area contributed by atoms with Crippen molar-refractivity contribution in [2.45, 2.75) is 70.0 Å². The Morgan fingerprint density at radius 2 is 1.58 bits per heavy atom. The first kappa shape index (κ1) is 35.0. The van der Waals surface area contributed by atoms with Crippen LogP contribution < -0.4 is 16.0 Å². The van der Waals surface area contributed by atoms with E-state index in [2.05, 4.69) is 41.2 Å². The van der Waals surface area contributed by atoms with Gasteiger partial charge < -0.3 is 30.5 Å². The first-order chi connectivity index (χ1) is 21.5. The van der Waals surface area contributed by atoms with Gasteiger partial charge in [0.05, 0.1) is 18.1 Å². The van der Waals surface area contributed by atoms with Gasteiger partial charge >= 0.3 is 12.1 Å². The molecule has 2 aromatic rings. The predicted octanol–water partition coefficient (Wildman–Crippen LogP) is 4.38. The maximum Gasteiger partial charge on any atom is 0.407 e. The lowest BCUT2D eigenvalue weighted by Gasteiger charge is -2.29. The van der Waals surface area contributed by atoms with Gasteiger partial charge in [0.15, 0.2) is 0 Å². The number of aliphatic hydroxyl groups excluding tert-OH is 1. The summed E-state index contributed by atoms with van der Waals surface area (Å²) in [4.78, 5) is 51.3. The van der Waals surface area contributed by atoms with E-state index >= 15 is 0 Å². The van der Waals surface area contributed by atoms with Crippen LogP contribution in [0, 0.1) is 5.92 Å². The number of nitrogens with one attached hydrogen (secondary N) is 3. The van der Waals surface area contributed by atoms with Crippen LogP contribution in [0.15, 0.2) is 73.8 Å². The lowest BCUT2D eigenvalue weighted by Crippen LogP contribution is -2.51. The van der Waals surface area contributed by atoms with Crippen LogP contribution in [0.2, 0.25) is 0 Å². The summed E-state index contributed by atoms with van der Waals surface area (Å²) < 4.78 is 11.2. The number of rotatable bonds is 17. The van der Waals surface area contributed by atoms with Crippen molar-refractivity contribution in [1.82, 2.24) is 16.0 Å². The Hall–Kier alpha value is -4.44. The van der Waals surface area contributed by atoms with Gasteiger partial charge in [0.25, 0.3) is 0 Å². The van der Waals surface area contributed by atoms with Gasteiger partial charge in [-0.1, -0.05) is 60.7 Å². The zero-order valence-electron chi connectivity index (χ0n) is 26.3. The fourth-order valence-electron chi connectivity index (χ4n) is 5.23. The molecule has 0 spiro atoms. The van der Waals surface area contributed by atoms with E-state index in [1.165, 1.54) is 0 Å². The highest BCUT2D eigenvalue weighted by Gasteiger charge is 2.32. The molecule has 0 heterocycles. The number of esters is 1. The number of aliphatic hydroxyl groups is 1. The molecule has 0 fully saturated rings. The lowest BCUT2D eigenvalue weighted by atomic mass is 9.97. The van der Waals surface area contributed by atoms with Crippen LogP contribution in [0.25, 0.3) is 11.1 Å². The molecular weight excluding hydrogens is 574 g/mol. The number of ether oxygens (including phenoxy) is 2. The molecule has 10 heteroatoms. The maximum absolute atomic E-state index is 13.1. The van der Waals surface area contributed by atoms with E-state index in [0.717, 1.165) is 22.3 Å². The minimum Gasteiger partial charge on any atom is -0.462 e. The summed E-state index contributed by atoms with van der Waals surface area (Å²) in [5, 5.41) is 17.3. The number of fused-ring (bicyclic) bond motifs is 3. The molecule has 0 saturated heterocycles. The second kappa shape index (κ2) is 16.6. The van der Waals surface area contributed by atoms with Crippen LogP contribution in [0.1, 0.15) is 63.5 Å². The SMILES string of the molecule is C=CCC[C@H](NC(=O)OCC1c2ccccc2-c2ccccc21)C(=O)OCC(C)(C)NC(=O)[C@H](CC=C)CC(=O)N[C@H](C)CO. The van der Waals surface area contributed by atoms with Crippen LogP contribution in [0.3, 0.4) is 0 Å². The molecule has 242 valence electrons. The number of alkyl carbamates (subject to hydrolysis) is 1. The fraction of sp³-hybridized carbons (Fsp3) is 0.429. The lowest BCUT2D eigenvalue weighted by molar-refractivity contribution is -0.149. The average molecular weight is 620 g/mol. The highest BCUT2D eigenvalue weighted by Crippen LogP contribution is 2.44. The normalized spacial score (nSPS) is 14.1. The van der Waals surface area contributed by atoms with Crippen LogP contribution in [-0.4, -0.2) is 66.4 Å². The summed E-state index contributed by atoms with van der Waals surface area (Å²) in [5.41, 5.74) is 3.40. The molecule has 3 amide bonds. The number of benzene rings is 2. The second-order valence-electron chi connectivity index (χ2n) is 11.9. The van der Waals surface area contributed by atoms with Crippen molar-refractivity contribution in [2.24, 2.45) is 5.92 Å². The third-order valence-electron chi connectivity index (χ3n) is 7.55. The Bertz CT molecular complexity index is 1330. The smallest absolute Gasteiger partial charge is 0.407 e. The van der Waals surface area contributed by atoms with E-state index in [-0.39, 0.29) is 50.9 Å². The molecular formula is C35H45N3O7. The zero-order chi connectivity index (χ0) is 33.0. The van der Waals surface area contributed by atoms with Gasteiger partial charge in [-0.15, -0.1) is 13.2 Å². The molecule has 45 heavy (non-hydrogen) atoms. The molecule has 0 aromatic heterocycles. The zero-order valence-corrected chi connectivity index (χ0v) is 26.3. The summed E-state index contributed by atoms with van der Waals surface area (Å²) in [6.07, 6.45) is 3.32. The molecule has 3 atom stereocenters.